The van der Waals surface area contributed by atoms with Gasteiger partial charge in [-0.15, -0.1) is 0 Å². The Morgan fingerprint density at radius 2 is 1.60 bits per heavy atom. The van der Waals surface area contributed by atoms with Crippen LogP contribution in [-0.2, 0) is 5.41 Å². The molecule has 0 saturated heterocycles. The van der Waals surface area contributed by atoms with Crippen molar-refractivity contribution in [3.8, 4) is 0 Å². The third-order valence-electron chi connectivity index (χ3n) is 2.68. The van der Waals surface area contributed by atoms with Gasteiger partial charge in [-0.05, 0) is 34.9 Å². The normalized spacial score (nSPS) is 11.4. The summed E-state index contributed by atoms with van der Waals surface area (Å²) in [7, 11) is 0. The fourth-order valence-corrected chi connectivity index (χ4v) is 2.20. The molecule has 0 aliphatic rings. The minimum atomic E-state index is 0. The number of hydrogen-bond acceptors (Lipinski definition) is 0. The first-order valence-electron chi connectivity index (χ1n) is 5.44. The van der Waals surface area contributed by atoms with Crippen molar-refractivity contribution in [3.05, 3.63) is 34.9 Å². The number of aryl methyl sites for hydroxylation is 1. The summed E-state index contributed by atoms with van der Waals surface area (Å²) in [5.74, 6) is 0.615. The molecular formula is C15H26. The van der Waals surface area contributed by atoms with Crippen molar-refractivity contribution >= 4 is 0 Å². The molecule has 0 fully saturated rings. The Labute approximate surface area is 95.7 Å². The van der Waals surface area contributed by atoms with E-state index in [-0.39, 0.29) is 12.8 Å². The van der Waals surface area contributed by atoms with Gasteiger partial charge in [0.1, 0.15) is 0 Å². The Hall–Kier alpha value is -0.780. The van der Waals surface area contributed by atoms with Crippen LogP contribution in [0.5, 0.6) is 0 Å². The number of hydrogen-bond donors (Lipinski definition) is 0. The third kappa shape index (κ3) is 3.09. The van der Waals surface area contributed by atoms with Gasteiger partial charge in [-0.2, -0.15) is 0 Å². The summed E-state index contributed by atoms with van der Waals surface area (Å²) in [6, 6.07) is 6.64. The highest BCUT2D eigenvalue weighted by atomic mass is 14.3. The molecule has 0 amide bonds. The molecule has 0 nitrogen and oxygen atoms in total. The van der Waals surface area contributed by atoms with Gasteiger partial charge in [-0.1, -0.05) is 60.2 Å². The quantitative estimate of drug-likeness (QED) is 0.603. The summed E-state index contributed by atoms with van der Waals surface area (Å²) in [6.45, 7) is 13.6. The summed E-state index contributed by atoms with van der Waals surface area (Å²) in [5, 5.41) is 0. The molecule has 1 aromatic carbocycles. The van der Waals surface area contributed by atoms with Gasteiger partial charge in [0, 0.05) is 0 Å². The zero-order chi connectivity index (χ0) is 10.9. The van der Waals surface area contributed by atoms with Crippen LogP contribution >= 0.6 is 0 Å². The largest absolute Gasteiger partial charge is 0.0776 e. The zero-order valence-electron chi connectivity index (χ0n) is 10.3. The predicted molar refractivity (Wildman–Crippen MR) is 70.7 cm³/mol. The summed E-state index contributed by atoms with van der Waals surface area (Å²) >= 11 is 0. The molecule has 0 N–H and O–H groups in total. The van der Waals surface area contributed by atoms with Crippen LogP contribution in [-0.4, -0.2) is 0 Å². The fraction of sp³-hybridized carbons (Fsp3) is 0.600. The molecule has 0 heteroatoms. The first-order chi connectivity index (χ1) is 6.34. The first kappa shape index (κ1) is 14.2. The lowest BCUT2D eigenvalue weighted by atomic mass is 9.78. The summed E-state index contributed by atoms with van der Waals surface area (Å²) in [6.07, 6.45) is 0. The van der Waals surface area contributed by atoms with E-state index in [0.717, 1.165) is 0 Å². The summed E-state index contributed by atoms with van der Waals surface area (Å²) < 4.78 is 0. The van der Waals surface area contributed by atoms with Crippen LogP contribution in [0.15, 0.2) is 18.2 Å². The molecule has 0 aromatic heterocycles. The zero-order valence-corrected chi connectivity index (χ0v) is 10.3. The van der Waals surface area contributed by atoms with Crippen molar-refractivity contribution in [2.24, 2.45) is 0 Å². The molecule has 0 aliphatic heterocycles. The lowest BCUT2D eigenvalue weighted by Gasteiger charge is -2.27. The Morgan fingerprint density at radius 3 is 1.93 bits per heavy atom. The van der Waals surface area contributed by atoms with Gasteiger partial charge in [-0.25, -0.2) is 0 Å². The molecule has 1 aromatic rings. The maximum absolute atomic E-state index is 2.29. The molecule has 0 atom stereocenters. The smallest absolute Gasteiger partial charge is 0.0126 e. The van der Waals surface area contributed by atoms with Crippen molar-refractivity contribution in [1.82, 2.24) is 0 Å². The standard InChI is InChI=1S/C14H22.CH4/c1-10(2)12-9-7-8-11(3)13(12)14(4,5)6;/h7-10H,1-6H3;1H4. The van der Waals surface area contributed by atoms with Crippen molar-refractivity contribution < 1.29 is 0 Å². The Kier molecular flexibility index (Phi) is 4.58. The van der Waals surface area contributed by atoms with Crippen molar-refractivity contribution in [3.63, 3.8) is 0 Å². The minimum absolute atomic E-state index is 0. The van der Waals surface area contributed by atoms with Crippen molar-refractivity contribution in [2.45, 2.75) is 60.3 Å². The lowest BCUT2D eigenvalue weighted by molar-refractivity contribution is 0.573. The molecule has 0 heterocycles. The minimum Gasteiger partial charge on any atom is -0.0776 e. The van der Waals surface area contributed by atoms with E-state index in [1.54, 1.807) is 0 Å². The van der Waals surface area contributed by atoms with E-state index in [4.69, 9.17) is 0 Å². The summed E-state index contributed by atoms with van der Waals surface area (Å²) in [5.41, 5.74) is 4.70. The first-order valence-corrected chi connectivity index (χ1v) is 5.44. The SMILES string of the molecule is C.Cc1cccc(C(C)C)c1C(C)(C)C. The lowest BCUT2D eigenvalue weighted by Crippen LogP contribution is -2.16. The Morgan fingerprint density at radius 1 is 1.07 bits per heavy atom. The van der Waals surface area contributed by atoms with Crippen LogP contribution in [0.2, 0.25) is 0 Å². The van der Waals surface area contributed by atoms with Gasteiger partial charge < -0.3 is 0 Å². The molecule has 0 saturated carbocycles. The molecule has 0 bridgehead atoms. The van der Waals surface area contributed by atoms with Crippen LogP contribution in [0.25, 0.3) is 0 Å². The van der Waals surface area contributed by atoms with Crippen LogP contribution in [0.4, 0.5) is 0 Å². The van der Waals surface area contributed by atoms with E-state index in [1.807, 2.05) is 0 Å². The van der Waals surface area contributed by atoms with E-state index >= 15 is 0 Å². The van der Waals surface area contributed by atoms with Crippen LogP contribution < -0.4 is 0 Å². The molecule has 1 rings (SSSR count). The van der Waals surface area contributed by atoms with E-state index in [2.05, 4.69) is 59.7 Å². The van der Waals surface area contributed by atoms with E-state index in [0.29, 0.717) is 5.92 Å². The topological polar surface area (TPSA) is 0 Å². The highest BCUT2D eigenvalue weighted by molar-refractivity contribution is 5.41. The molecule has 0 radical (unpaired) electrons. The third-order valence-corrected chi connectivity index (χ3v) is 2.68. The highest BCUT2D eigenvalue weighted by Gasteiger charge is 2.20. The number of benzene rings is 1. The van der Waals surface area contributed by atoms with Gasteiger partial charge in [0.25, 0.3) is 0 Å². The van der Waals surface area contributed by atoms with Gasteiger partial charge in [0.05, 0.1) is 0 Å². The van der Waals surface area contributed by atoms with Crippen molar-refractivity contribution in [1.29, 1.82) is 0 Å². The molecule has 0 spiro atoms. The van der Waals surface area contributed by atoms with Crippen LogP contribution in [0, 0.1) is 6.92 Å². The van der Waals surface area contributed by atoms with Crippen LogP contribution in [0.1, 0.15) is 64.7 Å². The predicted octanol–water partition coefficient (Wildman–Crippen LogP) is 5.05. The maximum Gasteiger partial charge on any atom is -0.0126 e. The average Bonchev–Trinajstić information content (AvgIpc) is 2.01. The Balaban J connectivity index is 0.00000196. The van der Waals surface area contributed by atoms with E-state index in [1.165, 1.54) is 16.7 Å². The van der Waals surface area contributed by atoms with E-state index in [9.17, 15) is 0 Å². The van der Waals surface area contributed by atoms with Gasteiger partial charge >= 0.3 is 0 Å². The molecular weight excluding hydrogens is 180 g/mol. The fourth-order valence-electron chi connectivity index (χ4n) is 2.20. The Bertz CT molecular complexity index is 313. The highest BCUT2D eigenvalue weighted by Crippen LogP contribution is 2.32. The van der Waals surface area contributed by atoms with Crippen LogP contribution in [0.3, 0.4) is 0 Å². The van der Waals surface area contributed by atoms with Gasteiger partial charge in [0.15, 0.2) is 0 Å². The van der Waals surface area contributed by atoms with Gasteiger partial charge in [-0.3, -0.25) is 0 Å². The maximum atomic E-state index is 2.29. The monoisotopic (exact) mass is 206 g/mol. The summed E-state index contributed by atoms with van der Waals surface area (Å²) in [4.78, 5) is 0. The van der Waals surface area contributed by atoms with Gasteiger partial charge in [0.2, 0.25) is 0 Å². The molecule has 0 unspecified atom stereocenters. The molecule has 0 aliphatic carbocycles. The number of rotatable bonds is 1. The molecule has 15 heavy (non-hydrogen) atoms. The second-order valence-corrected chi connectivity index (χ2v) is 5.44. The second kappa shape index (κ2) is 4.83. The average molecular weight is 206 g/mol. The van der Waals surface area contributed by atoms with Crippen molar-refractivity contribution in [2.75, 3.05) is 0 Å². The molecule has 86 valence electrons. The van der Waals surface area contributed by atoms with E-state index < -0.39 is 0 Å². The second-order valence-electron chi connectivity index (χ2n) is 5.44.